The van der Waals surface area contributed by atoms with Crippen LogP contribution in [0.5, 0.6) is 0 Å². The van der Waals surface area contributed by atoms with Crippen LogP contribution >= 0.6 is 0 Å². The van der Waals surface area contributed by atoms with Gasteiger partial charge in [0.2, 0.25) is 0 Å². The molecule has 0 atom stereocenters. The van der Waals surface area contributed by atoms with E-state index in [2.05, 4.69) is 25.2 Å². The van der Waals surface area contributed by atoms with E-state index < -0.39 is 6.09 Å². The maximum Gasteiger partial charge on any atom is 0.409 e. The molecule has 0 spiro atoms. The maximum absolute atomic E-state index is 11.3. The Kier molecular flexibility index (Phi) is 19.7. The van der Waals surface area contributed by atoms with E-state index in [1.54, 1.807) is 0 Å². The van der Waals surface area contributed by atoms with E-state index in [0.717, 1.165) is 24.9 Å². The van der Waals surface area contributed by atoms with Crippen molar-refractivity contribution in [2.75, 3.05) is 5.32 Å². The fraction of sp³-hybridized carbons (Fsp3) is 0.774. The van der Waals surface area contributed by atoms with Gasteiger partial charge in [-0.3, -0.25) is 5.32 Å². The van der Waals surface area contributed by atoms with Crippen LogP contribution in [-0.2, 0) is 12.8 Å². The molecule has 0 unspecified atom stereocenters. The molecule has 3 heteroatoms. The van der Waals surface area contributed by atoms with Gasteiger partial charge in [0.1, 0.15) is 0 Å². The highest BCUT2D eigenvalue weighted by molar-refractivity contribution is 5.84. The predicted molar refractivity (Wildman–Crippen MR) is 149 cm³/mol. The summed E-state index contributed by atoms with van der Waals surface area (Å²) in [6.45, 7) is 4.54. The Morgan fingerprint density at radius 2 is 1.03 bits per heavy atom. The molecule has 0 aliphatic carbocycles. The normalized spacial score (nSPS) is 11.1. The van der Waals surface area contributed by atoms with Crippen molar-refractivity contribution in [2.45, 2.75) is 155 Å². The Morgan fingerprint density at radius 1 is 0.618 bits per heavy atom. The zero-order valence-corrected chi connectivity index (χ0v) is 22.6. The van der Waals surface area contributed by atoms with Crippen molar-refractivity contribution < 1.29 is 9.90 Å². The molecule has 0 saturated heterocycles. The number of benzene rings is 1. The van der Waals surface area contributed by atoms with Crippen molar-refractivity contribution >= 4 is 11.8 Å². The second-order valence-electron chi connectivity index (χ2n) is 10.2. The lowest BCUT2D eigenvalue weighted by Crippen LogP contribution is -2.11. The standard InChI is InChI=1S/C31H55NO2/c1-3-5-7-9-11-13-15-17-19-21-24-28-25-23-27-30(32-31(33)34)29(28)26-22-20-18-16-14-12-10-8-6-4-2/h23,25,27,32H,3-22,24,26H2,1-2H3,(H,33,34). The van der Waals surface area contributed by atoms with E-state index in [1.807, 2.05) is 12.1 Å². The van der Waals surface area contributed by atoms with Crippen molar-refractivity contribution in [1.29, 1.82) is 0 Å². The van der Waals surface area contributed by atoms with Gasteiger partial charge in [0, 0.05) is 5.69 Å². The maximum atomic E-state index is 11.3. The summed E-state index contributed by atoms with van der Waals surface area (Å²) in [7, 11) is 0. The highest BCUT2D eigenvalue weighted by atomic mass is 16.4. The third kappa shape index (κ3) is 16.2. The number of carboxylic acid groups (broad SMARTS) is 1. The number of rotatable bonds is 23. The van der Waals surface area contributed by atoms with Crippen molar-refractivity contribution in [3.05, 3.63) is 29.3 Å². The molecule has 0 fully saturated rings. The number of nitrogens with one attached hydrogen (secondary N) is 1. The van der Waals surface area contributed by atoms with Gasteiger partial charge in [-0.05, 0) is 42.9 Å². The molecule has 3 nitrogen and oxygen atoms in total. The molecule has 34 heavy (non-hydrogen) atoms. The Balaban J connectivity index is 2.33. The third-order valence-corrected chi connectivity index (χ3v) is 7.09. The lowest BCUT2D eigenvalue weighted by molar-refractivity contribution is 0.209. The minimum absolute atomic E-state index is 0.799. The van der Waals surface area contributed by atoms with E-state index in [0.29, 0.717) is 0 Å². The monoisotopic (exact) mass is 473 g/mol. The Bertz CT molecular complexity index is 613. The van der Waals surface area contributed by atoms with E-state index in [1.165, 1.54) is 133 Å². The van der Waals surface area contributed by atoms with Gasteiger partial charge in [0.05, 0.1) is 0 Å². The number of hydrogen-bond acceptors (Lipinski definition) is 1. The van der Waals surface area contributed by atoms with Crippen LogP contribution in [0.3, 0.4) is 0 Å². The van der Waals surface area contributed by atoms with Crippen LogP contribution in [0.15, 0.2) is 18.2 Å². The van der Waals surface area contributed by atoms with Gasteiger partial charge >= 0.3 is 6.09 Å². The smallest absolute Gasteiger partial charge is 0.409 e. The number of amides is 1. The Morgan fingerprint density at radius 3 is 1.47 bits per heavy atom. The molecular weight excluding hydrogens is 418 g/mol. The number of carbonyl (C=O) groups is 1. The molecule has 1 amide bonds. The van der Waals surface area contributed by atoms with Crippen molar-refractivity contribution in [3.8, 4) is 0 Å². The van der Waals surface area contributed by atoms with Gasteiger partial charge in [-0.2, -0.15) is 0 Å². The van der Waals surface area contributed by atoms with Gasteiger partial charge in [-0.1, -0.05) is 142 Å². The molecule has 0 aliphatic heterocycles. The zero-order chi connectivity index (χ0) is 24.7. The largest absolute Gasteiger partial charge is 0.465 e. The van der Waals surface area contributed by atoms with Crippen LogP contribution in [0, 0.1) is 0 Å². The summed E-state index contributed by atoms with van der Waals surface area (Å²) in [5.41, 5.74) is 3.38. The topological polar surface area (TPSA) is 49.3 Å². The molecule has 0 bridgehead atoms. The summed E-state index contributed by atoms with van der Waals surface area (Å²) in [5.74, 6) is 0. The second-order valence-corrected chi connectivity index (χ2v) is 10.2. The van der Waals surface area contributed by atoms with E-state index in [9.17, 15) is 9.90 Å². The first-order valence-corrected chi connectivity index (χ1v) is 14.8. The van der Waals surface area contributed by atoms with Crippen LogP contribution in [0.2, 0.25) is 0 Å². The SMILES string of the molecule is CCCCCCCCCCCCc1cccc(NC(=O)O)c1CCCCCCCCCCCC. The quantitative estimate of drug-likeness (QED) is 0.155. The molecular formula is C31H55NO2. The zero-order valence-electron chi connectivity index (χ0n) is 22.6. The fourth-order valence-corrected chi connectivity index (χ4v) is 4.99. The second kappa shape index (κ2) is 22.0. The molecule has 196 valence electrons. The third-order valence-electron chi connectivity index (χ3n) is 7.09. The molecule has 1 rings (SSSR count). The Labute approximate surface area is 211 Å². The first-order valence-electron chi connectivity index (χ1n) is 14.8. The summed E-state index contributed by atoms with van der Waals surface area (Å²) in [6, 6.07) is 6.16. The number of anilines is 1. The molecule has 0 aromatic heterocycles. The molecule has 0 saturated carbocycles. The minimum atomic E-state index is -0.958. The highest BCUT2D eigenvalue weighted by Crippen LogP contribution is 2.25. The molecule has 1 aromatic carbocycles. The van der Waals surface area contributed by atoms with Crippen LogP contribution in [-0.4, -0.2) is 11.2 Å². The van der Waals surface area contributed by atoms with Crippen molar-refractivity contribution in [3.63, 3.8) is 0 Å². The van der Waals surface area contributed by atoms with Crippen LogP contribution in [0.4, 0.5) is 10.5 Å². The van der Waals surface area contributed by atoms with Crippen LogP contribution in [0.1, 0.15) is 153 Å². The van der Waals surface area contributed by atoms with Gasteiger partial charge < -0.3 is 5.11 Å². The summed E-state index contributed by atoms with van der Waals surface area (Å²) >= 11 is 0. The van der Waals surface area contributed by atoms with Gasteiger partial charge in [0.15, 0.2) is 0 Å². The van der Waals surface area contributed by atoms with Crippen molar-refractivity contribution in [1.82, 2.24) is 0 Å². The van der Waals surface area contributed by atoms with Gasteiger partial charge in [0.25, 0.3) is 0 Å². The Hall–Kier alpha value is -1.51. The average Bonchev–Trinajstić information content (AvgIpc) is 2.82. The van der Waals surface area contributed by atoms with E-state index in [-0.39, 0.29) is 0 Å². The number of hydrogen-bond donors (Lipinski definition) is 2. The minimum Gasteiger partial charge on any atom is -0.465 e. The fourth-order valence-electron chi connectivity index (χ4n) is 4.99. The van der Waals surface area contributed by atoms with Crippen molar-refractivity contribution in [2.24, 2.45) is 0 Å². The number of unbranched alkanes of at least 4 members (excludes halogenated alkanes) is 18. The first-order chi connectivity index (χ1) is 16.7. The summed E-state index contributed by atoms with van der Waals surface area (Å²) < 4.78 is 0. The highest BCUT2D eigenvalue weighted by Gasteiger charge is 2.10. The average molecular weight is 474 g/mol. The number of aryl methyl sites for hydroxylation is 1. The molecule has 0 heterocycles. The summed E-state index contributed by atoms with van der Waals surface area (Å²) in [5, 5.41) is 11.9. The van der Waals surface area contributed by atoms with E-state index >= 15 is 0 Å². The molecule has 0 aliphatic rings. The van der Waals surface area contributed by atoms with Gasteiger partial charge in [-0.25, -0.2) is 4.79 Å². The molecule has 2 N–H and O–H groups in total. The van der Waals surface area contributed by atoms with Crippen LogP contribution in [0.25, 0.3) is 0 Å². The predicted octanol–water partition coefficient (Wildman–Crippen LogP) is 10.7. The van der Waals surface area contributed by atoms with Crippen LogP contribution < -0.4 is 5.32 Å². The lowest BCUT2D eigenvalue weighted by Gasteiger charge is -2.15. The lowest BCUT2D eigenvalue weighted by atomic mass is 9.94. The van der Waals surface area contributed by atoms with Gasteiger partial charge in [-0.15, -0.1) is 0 Å². The summed E-state index contributed by atoms with van der Waals surface area (Å²) in [4.78, 5) is 11.3. The van der Waals surface area contributed by atoms with E-state index in [4.69, 9.17) is 0 Å². The molecule has 0 radical (unpaired) electrons. The summed E-state index contributed by atoms with van der Waals surface area (Å²) in [6.07, 6.45) is 27.8. The first kappa shape index (κ1) is 30.5. The molecule has 1 aromatic rings.